The van der Waals surface area contributed by atoms with Crippen LogP contribution < -0.4 is 4.74 Å². The number of hydrogen-bond donors (Lipinski definition) is 1. The van der Waals surface area contributed by atoms with Gasteiger partial charge in [-0.1, -0.05) is 60.7 Å². The molecule has 0 saturated carbocycles. The molecular weight excluding hydrogens is 452 g/mol. The molecule has 6 aromatic rings. The summed E-state index contributed by atoms with van der Waals surface area (Å²) in [6.07, 6.45) is 0. The number of benzene rings is 4. The van der Waals surface area contributed by atoms with E-state index in [2.05, 4.69) is 17.2 Å². The second kappa shape index (κ2) is 8.74. The third-order valence-corrected chi connectivity index (χ3v) is 6.35. The van der Waals surface area contributed by atoms with Gasteiger partial charge in [-0.3, -0.25) is 9.48 Å². The average Bonchev–Trinajstić information content (AvgIpc) is 3.50. The average molecular weight is 475 g/mol. The highest BCUT2D eigenvalue weighted by Gasteiger charge is 2.19. The minimum absolute atomic E-state index is 0.255. The number of aromatic nitrogens is 2. The van der Waals surface area contributed by atoms with Crippen molar-refractivity contribution in [3.8, 4) is 39.4 Å². The van der Waals surface area contributed by atoms with Crippen LogP contribution in [0.5, 0.6) is 5.75 Å². The molecule has 0 radical (unpaired) electrons. The standard InChI is InChI=1S/C30H22N2O4/c1-35-20-15-13-19(14-16-20)26-17-27(32(31-26)18-29(33)34)22-8-3-2-7-21(22)24-10-6-11-25-23-9-4-5-12-28(23)36-30(24)25/h2-17H,18H2,1H3,(H,33,34). The van der Waals surface area contributed by atoms with Crippen LogP contribution in [-0.2, 0) is 11.3 Å². The number of carbonyl (C=O) groups is 1. The topological polar surface area (TPSA) is 77.5 Å². The summed E-state index contributed by atoms with van der Waals surface area (Å²) in [5.41, 5.74) is 6.65. The molecule has 0 amide bonds. The van der Waals surface area contributed by atoms with Crippen molar-refractivity contribution in [2.75, 3.05) is 7.11 Å². The molecule has 0 bridgehead atoms. The van der Waals surface area contributed by atoms with Crippen molar-refractivity contribution in [1.29, 1.82) is 0 Å². The number of aliphatic carboxylic acids is 1. The number of carboxylic acids is 1. The molecule has 0 unspecified atom stereocenters. The van der Waals surface area contributed by atoms with Crippen LogP contribution in [0.3, 0.4) is 0 Å². The van der Waals surface area contributed by atoms with E-state index >= 15 is 0 Å². The highest BCUT2D eigenvalue weighted by Crippen LogP contribution is 2.40. The molecular formula is C30H22N2O4. The normalized spacial score (nSPS) is 11.2. The van der Waals surface area contributed by atoms with E-state index in [1.807, 2.05) is 84.9 Å². The number of hydrogen-bond acceptors (Lipinski definition) is 4. The van der Waals surface area contributed by atoms with Crippen molar-refractivity contribution in [3.05, 3.63) is 97.1 Å². The molecule has 6 rings (SSSR count). The Balaban J connectivity index is 1.55. The zero-order valence-corrected chi connectivity index (χ0v) is 19.5. The van der Waals surface area contributed by atoms with Crippen LogP contribution in [0.25, 0.3) is 55.6 Å². The van der Waals surface area contributed by atoms with Gasteiger partial charge in [-0.05, 0) is 42.0 Å². The number of para-hydroxylation sites is 2. The van der Waals surface area contributed by atoms with Crippen LogP contribution in [0.15, 0.2) is 101 Å². The molecule has 2 aromatic heterocycles. The summed E-state index contributed by atoms with van der Waals surface area (Å²) in [5.74, 6) is -0.217. The van der Waals surface area contributed by atoms with Crippen molar-refractivity contribution in [2.45, 2.75) is 6.54 Å². The van der Waals surface area contributed by atoms with E-state index < -0.39 is 5.97 Å². The molecule has 0 aliphatic rings. The van der Waals surface area contributed by atoms with Gasteiger partial charge in [0.15, 0.2) is 0 Å². The number of methoxy groups -OCH3 is 1. The van der Waals surface area contributed by atoms with Crippen molar-refractivity contribution >= 4 is 27.9 Å². The lowest BCUT2D eigenvalue weighted by atomic mass is 9.95. The van der Waals surface area contributed by atoms with Crippen LogP contribution in [0, 0.1) is 0 Å². The van der Waals surface area contributed by atoms with Crippen molar-refractivity contribution in [3.63, 3.8) is 0 Å². The zero-order valence-electron chi connectivity index (χ0n) is 19.5. The fourth-order valence-corrected chi connectivity index (χ4v) is 4.69. The molecule has 6 heteroatoms. The molecule has 0 saturated heterocycles. The van der Waals surface area contributed by atoms with Gasteiger partial charge in [-0.25, -0.2) is 0 Å². The van der Waals surface area contributed by atoms with E-state index in [0.717, 1.165) is 49.9 Å². The van der Waals surface area contributed by atoms with Crippen LogP contribution in [0.1, 0.15) is 0 Å². The van der Waals surface area contributed by atoms with Gasteiger partial charge in [-0.2, -0.15) is 5.10 Å². The minimum Gasteiger partial charge on any atom is -0.497 e. The minimum atomic E-state index is -0.961. The van der Waals surface area contributed by atoms with Gasteiger partial charge in [0.1, 0.15) is 23.5 Å². The maximum Gasteiger partial charge on any atom is 0.325 e. The number of fused-ring (bicyclic) bond motifs is 3. The van der Waals surface area contributed by atoms with Gasteiger partial charge in [0.2, 0.25) is 0 Å². The highest BCUT2D eigenvalue weighted by atomic mass is 16.5. The van der Waals surface area contributed by atoms with Crippen LogP contribution >= 0.6 is 0 Å². The summed E-state index contributed by atoms with van der Waals surface area (Å²) in [5, 5.41) is 16.4. The molecule has 0 atom stereocenters. The Bertz CT molecular complexity index is 1730. The monoisotopic (exact) mass is 474 g/mol. The van der Waals surface area contributed by atoms with Crippen molar-refractivity contribution < 1.29 is 19.1 Å². The summed E-state index contributed by atoms with van der Waals surface area (Å²) < 4.78 is 13.1. The number of carboxylic acid groups (broad SMARTS) is 1. The van der Waals surface area contributed by atoms with Crippen molar-refractivity contribution in [1.82, 2.24) is 9.78 Å². The first-order valence-corrected chi connectivity index (χ1v) is 11.6. The van der Waals surface area contributed by atoms with E-state index in [9.17, 15) is 9.90 Å². The Morgan fingerprint density at radius 1 is 0.861 bits per heavy atom. The number of ether oxygens (including phenoxy) is 1. The predicted octanol–water partition coefficient (Wildman–Crippen LogP) is 6.88. The Labute approximate surface area is 207 Å². The van der Waals surface area contributed by atoms with Crippen LogP contribution in [0.2, 0.25) is 0 Å². The quantitative estimate of drug-likeness (QED) is 0.285. The Morgan fingerprint density at radius 3 is 2.33 bits per heavy atom. The van der Waals surface area contributed by atoms with Gasteiger partial charge < -0.3 is 14.3 Å². The predicted molar refractivity (Wildman–Crippen MR) is 140 cm³/mol. The van der Waals surface area contributed by atoms with Gasteiger partial charge in [0.05, 0.1) is 18.5 Å². The molecule has 1 N–H and O–H groups in total. The Morgan fingerprint density at radius 2 is 1.56 bits per heavy atom. The summed E-state index contributed by atoms with van der Waals surface area (Å²) >= 11 is 0. The summed E-state index contributed by atoms with van der Waals surface area (Å²) in [7, 11) is 1.62. The van der Waals surface area contributed by atoms with Gasteiger partial charge in [-0.15, -0.1) is 0 Å². The SMILES string of the molecule is COc1ccc(-c2cc(-c3ccccc3-c3cccc4c3oc3ccccc34)n(CC(=O)O)n2)cc1. The van der Waals surface area contributed by atoms with Gasteiger partial charge in [0.25, 0.3) is 0 Å². The second-order valence-corrected chi connectivity index (χ2v) is 8.52. The van der Waals surface area contributed by atoms with E-state index in [1.54, 1.807) is 11.8 Å². The zero-order chi connectivity index (χ0) is 24.6. The molecule has 0 fully saturated rings. The first kappa shape index (κ1) is 21.7. The molecule has 36 heavy (non-hydrogen) atoms. The highest BCUT2D eigenvalue weighted by molar-refractivity contribution is 6.10. The lowest BCUT2D eigenvalue weighted by Crippen LogP contribution is -2.11. The lowest BCUT2D eigenvalue weighted by molar-refractivity contribution is -0.137. The van der Waals surface area contributed by atoms with Crippen LogP contribution in [0.4, 0.5) is 0 Å². The van der Waals surface area contributed by atoms with E-state index in [4.69, 9.17) is 9.15 Å². The fraction of sp³-hybridized carbons (Fsp3) is 0.0667. The number of rotatable bonds is 6. The number of furan rings is 1. The van der Waals surface area contributed by atoms with E-state index in [0.29, 0.717) is 11.4 Å². The smallest absolute Gasteiger partial charge is 0.325 e. The fourth-order valence-electron chi connectivity index (χ4n) is 4.69. The van der Waals surface area contributed by atoms with Crippen molar-refractivity contribution in [2.24, 2.45) is 0 Å². The Kier molecular flexibility index (Phi) is 5.26. The summed E-state index contributed by atoms with van der Waals surface area (Å²) in [6.45, 7) is -0.255. The molecule has 176 valence electrons. The third-order valence-electron chi connectivity index (χ3n) is 6.35. The third kappa shape index (κ3) is 3.69. The summed E-state index contributed by atoms with van der Waals surface area (Å²) in [6, 6.07) is 31.5. The molecule has 2 heterocycles. The number of nitrogens with zero attached hydrogens (tertiary/aromatic N) is 2. The Hall–Kier alpha value is -4.84. The summed E-state index contributed by atoms with van der Waals surface area (Å²) in [4.78, 5) is 11.7. The lowest BCUT2D eigenvalue weighted by Gasteiger charge is -2.11. The van der Waals surface area contributed by atoms with E-state index in [-0.39, 0.29) is 6.54 Å². The second-order valence-electron chi connectivity index (χ2n) is 8.52. The first-order valence-electron chi connectivity index (χ1n) is 11.6. The van der Waals surface area contributed by atoms with Crippen LogP contribution in [-0.4, -0.2) is 28.0 Å². The maximum absolute atomic E-state index is 11.7. The van der Waals surface area contributed by atoms with E-state index in [1.165, 1.54) is 0 Å². The van der Waals surface area contributed by atoms with Gasteiger partial charge >= 0.3 is 5.97 Å². The molecule has 0 spiro atoms. The molecule has 0 aliphatic heterocycles. The molecule has 0 aliphatic carbocycles. The van der Waals surface area contributed by atoms with Gasteiger partial charge in [0, 0.05) is 27.5 Å². The largest absolute Gasteiger partial charge is 0.497 e. The molecule has 4 aromatic carbocycles. The maximum atomic E-state index is 11.7. The first-order chi connectivity index (χ1) is 17.6. The molecule has 6 nitrogen and oxygen atoms in total.